The highest BCUT2D eigenvalue weighted by molar-refractivity contribution is 6.06. The molecule has 2 aliphatic heterocycles. The van der Waals surface area contributed by atoms with Crippen molar-refractivity contribution < 1.29 is 33.3 Å². The Labute approximate surface area is 223 Å². The molecule has 2 aliphatic carbocycles. The number of Topliss-reactive ketones (excluding diaryl/α,β-unsaturated/α-hetero) is 2. The van der Waals surface area contributed by atoms with Crippen LogP contribution in [0.4, 0.5) is 0 Å². The van der Waals surface area contributed by atoms with Crippen LogP contribution in [0.1, 0.15) is 78.2 Å². The highest BCUT2D eigenvalue weighted by Crippen LogP contribution is 2.53. The summed E-state index contributed by atoms with van der Waals surface area (Å²) >= 11 is 0. The Balaban J connectivity index is 1.41. The van der Waals surface area contributed by atoms with Gasteiger partial charge in [-0.25, -0.2) is 0 Å². The Bertz CT molecular complexity index is 1190. The molecule has 0 spiro atoms. The average Bonchev–Trinajstić information content (AvgIpc) is 2.80. The molecular weight excluding hydrogens is 484 g/mol. The van der Waals surface area contributed by atoms with Crippen molar-refractivity contribution in [2.24, 2.45) is 10.8 Å². The summed E-state index contributed by atoms with van der Waals surface area (Å²) in [6.07, 6.45) is 5.69. The lowest BCUT2D eigenvalue weighted by Crippen LogP contribution is -2.37. The molecular formula is C31H36O7. The van der Waals surface area contributed by atoms with E-state index in [9.17, 15) is 14.4 Å². The molecule has 0 radical (unpaired) electrons. The first-order chi connectivity index (χ1) is 17.9. The van der Waals surface area contributed by atoms with Crippen molar-refractivity contribution in [3.63, 3.8) is 0 Å². The van der Waals surface area contributed by atoms with Gasteiger partial charge in [-0.1, -0.05) is 52.0 Å². The molecule has 0 fully saturated rings. The molecule has 202 valence electrons. The molecule has 0 bridgehead atoms. The first-order valence-corrected chi connectivity index (χ1v) is 13.3. The Kier molecular flexibility index (Phi) is 6.84. The van der Waals surface area contributed by atoms with E-state index >= 15 is 0 Å². The molecule has 0 N–H and O–H groups in total. The number of ether oxygens (including phenoxy) is 4. The van der Waals surface area contributed by atoms with Crippen molar-refractivity contribution >= 4 is 17.5 Å². The number of carbonyl (C=O) groups is 3. The van der Waals surface area contributed by atoms with Crippen molar-refractivity contribution in [2.75, 3.05) is 6.61 Å². The van der Waals surface area contributed by atoms with Crippen LogP contribution in [0.3, 0.4) is 0 Å². The van der Waals surface area contributed by atoms with E-state index in [1.54, 1.807) is 0 Å². The maximum Gasteiger partial charge on any atom is 0.302 e. The summed E-state index contributed by atoms with van der Waals surface area (Å²) in [5.41, 5.74) is 1.75. The lowest BCUT2D eigenvalue weighted by atomic mass is 9.65. The molecule has 1 aromatic carbocycles. The van der Waals surface area contributed by atoms with E-state index < -0.39 is 12.2 Å². The lowest BCUT2D eigenvalue weighted by molar-refractivity contribution is -0.154. The van der Waals surface area contributed by atoms with Gasteiger partial charge in [0.2, 0.25) is 6.29 Å². The van der Waals surface area contributed by atoms with E-state index in [1.807, 2.05) is 36.4 Å². The Morgan fingerprint density at radius 1 is 0.921 bits per heavy atom. The first kappa shape index (κ1) is 26.4. The fourth-order valence-electron chi connectivity index (χ4n) is 5.91. The molecule has 0 amide bonds. The minimum absolute atomic E-state index is 0.0481. The second-order valence-corrected chi connectivity index (χ2v) is 12.3. The molecule has 2 heterocycles. The summed E-state index contributed by atoms with van der Waals surface area (Å²) in [6, 6.07) is 7.55. The molecule has 38 heavy (non-hydrogen) atoms. The van der Waals surface area contributed by atoms with Crippen LogP contribution in [0.2, 0.25) is 0 Å². The highest BCUT2D eigenvalue weighted by Gasteiger charge is 2.47. The third-order valence-corrected chi connectivity index (χ3v) is 7.52. The van der Waals surface area contributed by atoms with E-state index in [1.165, 1.54) is 6.92 Å². The number of hydrogen-bond donors (Lipinski definition) is 0. The van der Waals surface area contributed by atoms with E-state index in [2.05, 4.69) is 27.7 Å². The van der Waals surface area contributed by atoms with E-state index in [0.717, 1.165) is 5.56 Å². The normalized spacial score (nSPS) is 26.4. The summed E-state index contributed by atoms with van der Waals surface area (Å²) in [5, 5.41) is 0. The maximum atomic E-state index is 13.4. The molecule has 0 saturated carbocycles. The molecule has 4 aliphatic rings. The topological polar surface area (TPSA) is 88.1 Å². The van der Waals surface area contributed by atoms with Crippen molar-refractivity contribution in [1.29, 1.82) is 0 Å². The SMILES string of the molecule is CC(=O)OCC1C=CC[C@H](Oc2ccc(C3C4=C(CC(C)(C)CC4=O)OC4=C3C(=O)CC(C)(C)C4)cc2)O1. The smallest absolute Gasteiger partial charge is 0.302 e. The average molecular weight is 521 g/mol. The Morgan fingerprint density at radius 3 is 2.05 bits per heavy atom. The second-order valence-electron chi connectivity index (χ2n) is 12.3. The molecule has 1 unspecified atom stereocenters. The Morgan fingerprint density at radius 2 is 1.50 bits per heavy atom. The molecule has 1 aromatic rings. The van der Waals surface area contributed by atoms with E-state index in [0.29, 0.717) is 60.5 Å². The summed E-state index contributed by atoms with van der Waals surface area (Å²) < 4.78 is 23.4. The van der Waals surface area contributed by atoms with Gasteiger partial charge in [0.1, 0.15) is 30.0 Å². The quantitative estimate of drug-likeness (QED) is 0.363. The van der Waals surface area contributed by atoms with E-state index in [-0.39, 0.29) is 41.1 Å². The first-order valence-electron chi connectivity index (χ1n) is 13.3. The minimum Gasteiger partial charge on any atom is -0.465 e. The number of carbonyl (C=O) groups excluding carboxylic acids is 3. The number of allylic oxidation sites excluding steroid dienone is 4. The number of ketones is 2. The van der Waals surface area contributed by atoms with Crippen LogP contribution >= 0.6 is 0 Å². The molecule has 0 saturated heterocycles. The predicted molar refractivity (Wildman–Crippen MR) is 140 cm³/mol. The monoisotopic (exact) mass is 520 g/mol. The van der Waals surface area contributed by atoms with E-state index in [4.69, 9.17) is 18.9 Å². The summed E-state index contributed by atoms with van der Waals surface area (Å²) in [4.78, 5) is 38.0. The minimum atomic E-state index is -0.512. The second kappa shape index (κ2) is 9.84. The highest BCUT2D eigenvalue weighted by atomic mass is 16.7. The predicted octanol–water partition coefficient (Wildman–Crippen LogP) is 5.70. The third kappa shape index (κ3) is 5.48. The van der Waals surface area contributed by atoms with Crippen molar-refractivity contribution in [1.82, 2.24) is 0 Å². The molecule has 2 atom stereocenters. The number of esters is 1. The Hall–Kier alpha value is -3.19. The number of hydrogen-bond acceptors (Lipinski definition) is 7. The zero-order valence-corrected chi connectivity index (χ0v) is 22.8. The van der Waals surface area contributed by atoms with Crippen LogP contribution in [0.15, 0.2) is 59.1 Å². The van der Waals surface area contributed by atoms with Gasteiger partial charge in [-0.05, 0) is 28.5 Å². The summed E-state index contributed by atoms with van der Waals surface area (Å²) in [7, 11) is 0. The van der Waals surface area contributed by atoms with Crippen LogP contribution in [0, 0.1) is 10.8 Å². The lowest BCUT2D eigenvalue weighted by Gasteiger charge is -2.42. The third-order valence-electron chi connectivity index (χ3n) is 7.52. The van der Waals surface area contributed by atoms with Crippen LogP contribution < -0.4 is 4.74 Å². The van der Waals surface area contributed by atoms with Gasteiger partial charge in [0.05, 0.1) is 0 Å². The zero-order chi connectivity index (χ0) is 27.2. The van der Waals surface area contributed by atoms with Gasteiger partial charge < -0.3 is 18.9 Å². The van der Waals surface area contributed by atoms with Gasteiger partial charge in [-0.15, -0.1) is 0 Å². The van der Waals surface area contributed by atoms with Crippen LogP contribution in [0.25, 0.3) is 0 Å². The van der Waals surface area contributed by atoms with Gasteiger partial charge in [-0.3, -0.25) is 14.4 Å². The van der Waals surface area contributed by atoms with Crippen molar-refractivity contribution in [3.05, 3.63) is 64.6 Å². The maximum absolute atomic E-state index is 13.4. The largest absolute Gasteiger partial charge is 0.465 e. The molecule has 7 heteroatoms. The molecule has 5 rings (SSSR count). The molecule has 0 aromatic heterocycles. The fourth-order valence-corrected chi connectivity index (χ4v) is 5.91. The number of benzene rings is 1. The van der Waals surface area contributed by atoms with Gasteiger partial charge in [0.25, 0.3) is 0 Å². The van der Waals surface area contributed by atoms with Crippen LogP contribution in [0.5, 0.6) is 5.75 Å². The van der Waals surface area contributed by atoms with Crippen LogP contribution in [-0.2, 0) is 28.6 Å². The van der Waals surface area contributed by atoms with Gasteiger partial charge in [-0.2, -0.15) is 0 Å². The zero-order valence-electron chi connectivity index (χ0n) is 22.8. The van der Waals surface area contributed by atoms with Gasteiger partial charge in [0.15, 0.2) is 11.6 Å². The molecule has 7 nitrogen and oxygen atoms in total. The number of rotatable bonds is 5. The van der Waals surface area contributed by atoms with Crippen molar-refractivity contribution in [2.45, 2.75) is 85.0 Å². The van der Waals surface area contributed by atoms with Crippen molar-refractivity contribution in [3.8, 4) is 5.75 Å². The fraction of sp³-hybridized carbons (Fsp3) is 0.516. The standard InChI is InChI=1S/C31H36O7/c1-18(32)35-17-21-7-6-8-26(37-21)36-20-11-9-19(10-12-20)27-28-22(33)13-30(2,3)15-24(28)38-25-16-31(4,5)14-23(34)29(25)27/h6-7,9-12,21,26-27H,8,13-17H2,1-5H3/t21?,26-/m1/s1. The summed E-state index contributed by atoms with van der Waals surface area (Å²) in [5.74, 6) is 1.34. The summed E-state index contributed by atoms with van der Waals surface area (Å²) in [6.45, 7) is 9.83. The van der Waals surface area contributed by atoms with Gasteiger partial charge >= 0.3 is 5.97 Å². The van der Waals surface area contributed by atoms with Gasteiger partial charge in [0, 0.05) is 56.1 Å². The van der Waals surface area contributed by atoms with Crippen LogP contribution in [-0.4, -0.2) is 36.5 Å².